The van der Waals surface area contributed by atoms with Crippen LogP contribution in [0, 0.1) is 0 Å². The lowest BCUT2D eigenvalue weighted by Crippen LogP contribution is -2.39. The van der Waals surface area contributed by atoms with E-state index in [1.54, 1.807) is 0 Å². The molecule has 0 aromatic heterocycles. The Labute approximate surface area is 138 Å². The first-order valence-corrected chi connectivity index (χ1v) is 8.22. The van der Waals surface area contributed by atoms with Gasteiger partial charge in [0.15, 0.2) is 0 Å². The third kappa shape index (κ3) is 4.24. The maximum absolute atomic E-state index is 12.5. The molecule has 0 radical (unpaired) electrons. The molecular weight excluding hydrogens is 292 g/mol. The van der Waals surface area contributed by atoms with E-state index in [4.69, 9.17) is 0 Å². The predicted octanol–water partition coefficient (Wildman–Crippen LogP) is 2.92. The maximum atomic E-state index is 12.5. The van der Waals surface area contributed by atoms with Crippen molar-refractivity contribution in [1.82, 2.24) is 10.2 Å². The van der Waals surface area contributed by atoms with Crippen molar-refractivity contribution in [3.05, 3.63) is 35.9 Å². The molecule has 1 aliphatic heterocycles. The normalized spacial score (nSPS) is 23.6. The average Bonchev–Trinajstić information content (AvgIpc) is 2.86. The van der Waals surface area contributed by atoms with Crippen molar-refractivity contribution in [3.8, 4) is 0 Å². The van der Waals surface area contributed by atoms with Gasteiger partial charge in [0.2, 0.25) is 5.91 Å². The monoisotopic (exact) mass is 318 g/mol. The number of methoxy groups -OCH3 is 1. The summed E-state index contributed by atoms with van der Waals surface area (Å²) in [5.74, 6) is 0.554. The van der Waals surface area contributed by atoms with Gasteiger partial charge < -0.3 is 15.0 Å². The lowest BCUT2D eigenvalue weighted by Gasteiger charge is -2.28. The summed E-state index contributed by atoms with van der Waals surface area (Å²) < 4.78 is 4.51. The second kappa shape index (κ2) is 7.99. The van der Waals surface area contributed by atoms with Gasteiger partial charge in [-0.25, -0.2) is 4.79 Å². The topological polar surface area (TPSA) is 58.6 Å². The molecule has 126 valence electrons. The van der Waals surface area contributed by atoms with Crippen molar-refractivity contribution in [2.45, 2.75) is 51.1 Å². The van der Waals surface area contributed by atoms with E-state index in [0.717, 1.165) is 6.42 Å². The van der Waals surface area contributed by atoms with Gasteiger partial charge >= 0.3 is 6.09 Å². The minimum Gasteiger partial charge on any atom is -0.453 e. The summed E-state index contributed by atoms with van der Waals surface area (Å²) in [6.07, 6.45) is 1.61. The van der Waals surface area contributed by atoms with Gasteiger partial charge in [-0.1, -0.05) is 30.3 Å². The Morgan fingerprint density at radius 1 is 1.26 bits per heavy atom. The second-order valence-corrected chi connectivity index (χ2v) is 6.17. The van der Waals surface area contributed by atoms with E-state index in [1.165, 1.54) is 12.7 Å². The third-order valence-corrected chi connectivity index (χ3v) is 4.63. The highest BCUT2D eigenvalue weighted by Gasteiger charge is 2.39. The number of hydrogen-bond acceptors (Lipinski definition) is 3. The Morgan fingerprint density at radius 2 is 1.96 bits per heavy atom. The molecule has 0 saturated carbocycles. The first kappa shape index (κ1) is 17.3. The molecule has 3 atom stereocenters. The molecule has 1 aromatic carbocycles. The van der Waals surface area contributed by atoms with Crippen molar-refractivity contribution in [1.29, 1.82) is 0 Å². The van der Waals surface area contributed by atoms with E-state index in [9.17, 15) is 9.59 Å². The summed E-state index contributed by atoms with van der Waals surface area (Å²) in [4.78, 5) is 25.5. The molecule has 0 spiro atoms. The van der Waals surface area contributed by atoms with Crippen LogP contribution in [0.25, 0.3) is 0 Å². The summed E-state index contributed by atoms with van der Waals surface area (Å²) in [7, 11) is 1.33. The molecule has 5 nitrogen and oxygen atoms in total. The van der Waals surface area contributed by atoms with Gasteiger partial charge in [0.25, 0.3) is 0 Å². The van der Waals surface area contributed by atoms with Gasteiger partial charge in [0, 0.05) is 31.0 Å². The van der Waals surface area contributed by atoms with Gasteiger partial charge in [0.1, 0.15) is 0 Å². The van der Waals surface area contributed by atoms with Crippen molar-refractivity contribution in [3.63, 3.8) is 0 Å². The summed E-state index contributed by atoms with van der Waals surface area (Å²) in [5, 5.41) is 2.60. The third-order valence-electron chi connectivity index (χ3n) is 4.63. The van der Waals surface area contributed by atoms with Gasteiger partial charge in [0.05, 0.1) is 7.11 Å². The Balaban J connectivity index is 1.89. The molecule has 1 fully saturated rings. The Morgan fingerprint density at radius 3 is 2.61 bits per heavy atom. The number of hydrogen-bond donors (Lipinski definition) is 1. The Hall–Kier alpha value is -2.04. The zero-order valence-corrected chi connectivity index (χ0v) is 14.1. The van der Waals surface area contributed by atoms with Crippen LogP contribution in [0.5, 0.6) is 0 Å². The van der Waals surface area contributed by atoms with Crippen molar-refractivity contribution < 1.29 is 14.3 Å². The highest BCUT2D eigenvalue weighted by atomic mass is 16.5. The van der Waals surface area contributed by atoms with Crippen LogP contribution in [-0.4, -0.2) is 42.6 Å². The molecule has 1 saturated heterocycles. The van der Waals surface area contributed by atoms with Crippen LogP contribution in [0.1, 0.15) is 44.6 Å². The van der Waals surface area contributed by atoms with Gasteiger partial charge in [-0.3, -0.25) is 4.79 Å². The zero-order chi connectivity index (χ0) is 16.8. The van der Waals surface area contributed by atoms with Crippen LogP contribution in [0.2, 0.25) is 0 Å². The lowest BCUT2D eigenvalue weighted by molar-refractivity contribution is -0.133. The molecule has 2 rings (SSSR count). The van der Waals surface area contributed by atoms with Crippen molar-refractivity contribution in [2.24, 2.45) is 0 Å². The average molecular weight is 318 g/mol. The number of nitrogens with one attached hydrogen (secondary N) is 1. The number of carbonyl (C=O) groups is 2. The summed E-state index contributed by atoms with van der Waals surface area (Å²) in [6, 6.07) is 10.9. The molecule has 1 heterocycles. The largest absolute Gasteiger partial charge is 0.453 e. The fraction of sp³-hybridized carbons (Fsp3) is 0.556. The number of carbonyl (C=O) groups excluding carboxylic acids is 2. The number of benzene rings is 1. The number of ether oxygens (including phenoxy) is 1. The first-order valence-electron chi connectivity index (χ1n) is 8.22. The molecule has 0 bridgehead atoms. The number of rotatable bonds is 5. The van der Waals surface area contributed by atoms with Gasteiger partial charge in [-0.05, 0) is 32.3 Å². The number of amides is 2. The molecule has 23 heavy (non-hydrogen) atoms. The highest BCUT2D eigenvalue weighted by Crippen LogP contribution is 2.37. The van der Waals surface area contributed by atoms with E-state index in [0.29, 0.717) is 25.3 Å². The van der Waals surface area contributed by atoms with E-state index >= 15 is 0 Å². The summed E-state index contributed by atoms with van der Waals surface area (Å²) in [6.45, 7) is 4.70. The maximum Gasteiger partial charge on any atom is 0.406 e. The number of likely N-dealkylation sites (tertiary alicyclic amines) is 1. The SMILES string of the molecule is COC(=O)NCCCC(=O)N1[C@H](C)C[C@H](c2ccccc2)[C@H]1C. The van der Waals surface area contributed by atoms with Crippen LogP contribution < -0.4 is 5.32 Å². The smallest absolute Gasteiger partial charge is 0.406 e. The molecule has 1 aromatic rings. The minimum atomic E-state index is -0.454. The van der Waals surface area contributed by atoms with Crippen LogP contribution >= 0.6 is 0 Å². The Kier molecular flexibility index (Phi) is 6.02. The predicted molar refractivity (Wildman–Crippen MR) is 89.2 cm³/mol. The minimum absolute atomic E-state index is 0.162. The van der Waals surface area contributed by atoms with Crippen LogP contribution in [-0.2, 0) is 9.53 Å². The second-order valence-electron chi connectivity index (χ2n) is 6.17. The first-order chi connectivity index (χ1) is 11.0. The number of alkyl carbamates (subject to hydrolysis) is 1. The Bertz CT molecular complexity index is 532. The van der Waals surface area contributed by atoms with E-state index in [-0.39, 0.29) is 18.0 Å². The van der Waals surface area contributed by atoms with Gasteiger partial charge in [-0.15, -0.1) is 0 Å². The van der Waals surface area contributed by atoms with Gasteiger partial charge in [-0.2, -0.15) is 0 Å². The highest BCUT2D eigenvalue weighted by molar-refractivity contribution is 5.77. The van der Waals surface area contributed by atoms with Crippen LogP contribution in [0.3, 0.4) is 0 Å². The van der Waals surface area contributed by atoms with Crippen LogP contribution in [0.15, 0.2) is 30.3 Å². The molecule has 2 amide bonds. The number of nitrogens with zero attached hydrogens (tertiary/aromatic N) is 1. The van der Waals surface area contributed by atoms with Crippen LogP contribution in [0.4, 0.5) is 4.79 Å². The van der Waals surface area contributed by atoms with E-state index in [1.807, 2.05) is 11.0 Å². The summed E-state index contributed by atoms with van der Waals surface area (Å²) >= 11 is 0. The lowest BCUT2D eigenvalue weighted by atomic mass is 9.92. The fourth-order valence-corrected chi connectivity index (χ4v) is 3.49. The van der Waals surface area contributed by atoms with E-state index in [2.05, 4.69) is 48.2 Å². The standard InChI is InChI=1S/C18H26N2O3/c1-13-12-16(15-8-5-4-6-9-15)14(2)20(13)17(21)10-7-11-19-18(22)23-3/h4-6,8-9,13-14,16H,7,10-12H2,1-3H3,(H,19,22)/t13-,14-,16+/m1/s1. The fourth-order valence-electron chi connectivity index (χ4n) is 3.49. The van der Waals surface area contributed by atoms with Crippen molar-refractivity contribution in [2.75, 3.05) is 13.7 Å². The molecule has 0 unspecified atom stereocenters. The molecule has 5 heteroatoms. The molecular formula is C18H26N2O3. The van der Waals surface area contributed by atoms with E-state index < -0.39 is 6.09 Å². The molecule has 1 N–H and O–H groups in total. The quantitative estimate of drug-likeness (QED) is 0.849. The molecule has 0 aliphatic carbocycles. The molecule has 1 aliphatic rings. The zero-order valence-electron chi connectivity index (χ0n) is 14.1. The van der Waals surface area contributed by atoms with Crippen molar-refractivity contribution >= 4 is 12.0 Å². The summed E-state index contributed by atoms with van der Waals surface area (Å²) in [5.41, 5.74) is 1.30.